The third kappa shape index (κ3) is 3.88. The molecule has 3 amide bonds. The Hall–Kier alpha value is -2.61. The summed E-state index contributed by atoms with van der Waals surface area (Å²) in [7, 11) is 0. The number of carboxylic acids is 1. The van der Waals surface area contributed by atoms with E-state index in [9.17, 15) is 24.3 Å². The van der Waals surface area contributed by atoms with E-state index < -0.39 is 17.4 Å². The van der Waals surface area contributed by atoms with Crippen molar-refractivity contribution in [2.24, 2.45) is 5.41 Å². The highest BCUT2D eigenvalue weighted by Crippen LogP contribution is 2.44. The van der Waals surface area contributed by atoms with Crippen LogP contribution in [0.2, 0.25) is 5.02 Å². The molecule has 0 bridgehead atoms. The number of carbonyl (C=O) groups excluding carboxylic acids is 3. The molecule has 4 rings (SSSR count). The summed E-state index contributed by atoms with van der Waals surface area (Å²) in [5.74, 6) is -1.67. The number of benzene rings is 1. The number of nitrogens with zero attached hydrogens (tertiary/aromatic N) is 2. The van der Waals surface area contributed by atoms with Gasteiger partial charge < -0.3 is 20.2 Å². The number of hydrogen-bond donors (Lipinski definition) is 2. The maximum absolute atomic E-state index is 13.0. The van der Waals surface area contributed by atoms with Crippen molar-refractivity contribution in [2.75, 3.05) is 25.0 Å². The SMILES string of the molecule is O=C(O)CC1(CC(=O)N2CCN3C(=O)c4ccc(Cl)cc4NC(=O)C3C2)CCCC1. The molecule has 2 fully saturated rings. The van der Waals surface area contributed by atoms with Gasteiger partial charge in [0.15, 0.2) is 0 Å². The van der Waals surface area contributed by atoms with E-state index in [0.717, 1.165) is 25.7 Å². The van der Waals surface area contributed by atoms with E-state index in [0.29, 0.717) is 22.8 Å². The Morgan fingerprint density at radius 1 is 1.17 bits per heavy atom. The van der Waals surface area contributed by atoms with Crippen LogP contribution in [0.15, 0.2) is 18.2 Å². The summed E-state index contributed by atoms with van der Waals surface area (Å²) in [5.41, 5.74) is 0.242. The Morgan fingerprint density at radius 3 is 2.60 bits per heavy atom. The van der Waals surface area contributed by atoms with Crippen LogP contribution >= 0.6 is 11.6 Å². The molecule has 2 heterocycles. The summed E-state index contributed by atoms with van der Waals surface area (Å²) in [5, 5.41) is 12.5. The molecule has 1 aliphatic carbocycles. The van der Waals surface area contributed by atoms with Crippen LogP contribution in [-0.2, 0) is 14.4 Å². The van der Waals surface area contributed by atoms with Crippen molar-refractivity contribution < 1.29 is 24.3 Å². The van der Waals surface area contributed by atoms with Gasteiger partial charge in [-0.05, 0) is 36.5 Å². The molecule has 1 saturated heterocycles. The second-order valence-electron chi connectivity index (χ2n) is 8.49. The molecule has 1 aromatic carbocycles. The van der Waals surface area contributed by atoms with Crippen LogP contribution in [-0.4, -0.2) is 64.3 Å². The Labute approximate surface area is 179 Å². The lowest BCUT2D eigenvalue weighted by Gasteiger charge is -2.40. The Bertz CT molecular complexity index is 912. The van der Waals surface area contributed by atoms with Gasteiger partial charge in [-0.15, -0.1) is 0 Å². The monoisotopic (exact) mass is 433 g/mol. The quantitative estimate of drug-likeness (QED) is 0.758. The molecule has 160 valence electrons. The zero-order valence-electron chi connectivity index (χ0n) is 16.5. The van der Waals surface area contributed by atoms with Crippen molar-refractivity contribution in [3.05, 3.63) is 28.8 Å². The highest BCUT2D eigenvalue weighted by molar-refractivity contribution is 6.31. The van der Waals surface area contributed by atoms with E-state index >= 15 is 0 Å². The molecular weight excluding hydrogens is 410 g/mol. The molecule has 30 heavy (non-hydrogen) atoms. The molecule has 0 aromatic heterocycles. The van der Waals surface area contributed by atoms with Crippen LogP contribution in [0.25, 0.3) is 0 Å². The van der Waals surface area contributed by atoms with Gasteiger partial charge in [0.25, 0.3) is 5.91 Å². The first-order chi connectivity index (χ1) is 14.3. The molecule has 1 aromatic rings. The maximum atomic E-state index is 13.0. The minimum absolute atomic E-state index is 0.0167. The molecule has 3 aliphatic rings. The number of nitrogens with one attached hydrogen (secondary N) is 1. The molecule has 2 N–H and O–H groups in total. The number of rotatable bonds is 4. The smallest absolute Gasteiger partial charge is 0.303 e. The molecule has 8 nitrogen and oxygen atoms in total. The van der Waals surface area contributed by atoms with Crippen molar-refractivity contribution in [2.45, 2.75) is 44.6 Å². The van der Waals surface area contributed by atoms with Gasteiger partial charge >= 0.3 is 5.97 Å². The number of hydrogen-bond acceptors (Lipinski definition) is 4. The summed E-state index contributed by atoms with van der Waals surface area (Å²) in [4.78, 5) is 53.3. The van der Waals surface area contributed by atoms with Gasteiger partial charge in [0.2, 0.25) is 11.8 Å². The zero-order valence-corrected chi connectivity index (χ0v) is 17.3. The second kappa shape index (κ2) is 7.91. The van der Waals surface area contributed by atoms with E-state index in [-0.39, 0.29) is 43.7 Å². The topological polar surface area (TPSA) is 107 Å². The summed E-state index contributed by atoms with van der Waals surface area (Å²) < 4.78 is 0. The van der Waals surface area contributed by atoms with Crippen LogP contribution in [0, 0.1) is 5.41 Å². The third-order valence-corrected chi connectivity index (χ3v) is 6.72. The maximum Gasteiger partial charge on any atom is 0.303 e. The number of piperazine rings is 1. The largest absolute Gasteiger partial charge is 0.481 e. The van der Waals surface area contributed by atoms with Crippen molar-refractivity contribution in [1.82, 2.24) is 9.80 Å². The summed E-state index contributed by atoms with van der Waals surface area (Å²) in [6, 6.07) is 3.95. The average molecular weight is 434 g/mol. The predicted molar refractivity (Wildman–Crippen MR) is 109 cm³/mol. The fourth-order valence-electron chi connectivity index (χ4n) is 4.95. The zero-order chi connectivity index (χ0) is 21.5. The van der Waals surface area contributed by atoms with Gasteiger partial charge in [-0.2, -0.15) is 0 Å². The molecule has 9 heteroatoms. The first kappa shape index (κ1) is 20.7. The van der Waals surface area contributed by atoms with Crippen molar-refractivity contribution in [3.8, 4) is 0 Å². The fourth-order valence-corrected chi connectivity index (χ4v) is 5.12. The van der Waals surface area contributed by atoms with Crippen molar-refractivity contribution >= 4 is 41.0 Å². The van der Waals surface area contributed by atoms with E-state index in [1.165, 1.54) is 4.90 Å². The first-order valence-corrected chi connectivity index (χ1v) is 10.6. The lowest BCUT2D eigenvalue weighted by atomic mass is 9.79. The molecule has 2 aliphatic heterocycles. The number of aliphatic carboxylic acids is 1. The van der Waals surface area contributed by atoms with Gasteiger partial charge in [0.1, 0.15) is 6.04 Å². The Morgan fingerprint density at radius 2 is 1.90 bits per heavy atom. The highest BCUT2D eigenvalue weighted by Gasteiger charge is 2.43. The second-order valence-corrected chi connectivity index (χ2v) is 8.92. The van der Waals surface area contributed by atoms with E-state index in [2.05, 4.69) is 5.32 Å². The number of carbonyl (C=O) groups is 4. The lowest BCUT2D eigenvalue weighted by molar-refractivity contribution is -0.142. The van der Waals surface area contributed by atoms with E-state index in [1.807, 2.05) is 0 Å². The minimum Gasteiger partial charge on any atom is -0.481 e. The first-order valence-electron chi connectivity index (χ1n) is 10.2. The minimum atomic E-state index is -0.889. The number of amides is 3. The van der Waals surface area contributed by atoms with Gasteiger partial charge in [-0.1, -0.05) is 24.4 Å². The number of anilines is 1. The van der Waals surface area contributed by atoms with Gasteiger partial charge in [-0.3, -0.25) is 19.2 Å². The normalized spacial score (nSPS) is 22.8. The van der Waals surface area contributed by atoms with Crippen LogP contribution in [0.1, 0.15) is 48.9 Å². The molecule has 1 atom stereocenters. The van der Waals surface area contributed by atoms with Crippen LogP contribution in [0.3, 0.4) is 0 Å². The molecular formula is C21H24ClN3O5. The van der Waals surface area contributed by atoms with Crippen molar-refractivity contribution in [1.29, 1.82) is 0 Å². The summed E-state index contributed by atoms with van der Waals surface area (Å²) in [6.07, 6.45) is 3.45. The summed E-state index contributed by atoms with van der Waals surface area (Å²) >= 11 is 6.00. The standard InChI is InChI=1S/C21H24ClN3O5/c22-13-3-4-14-15(9-13)23-19(29)16-12-24(7-8-25(16)20(14)30)17(26)10-21(11-18(27)28)5-1-2-6-21/h3-4,9,16H,1-2,5-8,10-12H2,(H,23,29)(H,27,28). The Kier molecular flexibility index (Phi) is 5.44. The molecule has 0 radical (unpaired) electrons. The highest BCUT2D eigenvalue weighted by atomic mass is 35.5. The third-order valence-electron chi connectivity index (χ3n) is 6.48. The molecule has 0 spiro atoms. The predicted octanol–water partition coefficient (Wildman–Crippen LogP) is 2.37. The van der Waals surface area contributed by atoms with E-state index in [1.54, 1.807) is 23.1 Å². The number of halogens is 1. The fraction of sp³-hybridized carbons (Fsp3) is 0.524. The number of fused-ring (bicyclic) bond motifs is 2. The van der Waals surface area contributed by atoms with Gasteiger partial charge in [-0.25, -0.2) is 0 Å². The lowest BCUT2D eigenvalue weighted by Crippen LogP contribution is -2.59. The van der Waals surface area contributed by atoms with Crippen LogP contribution < -0.4 is 5.32 Å². The van der Waals surface area contributed by atoms with E-state index in [4.69, 9.17) is 11.6 Å². The molecule has 1 unspecified atom stereocenters. The van der Waals surface area contributed by atoms with Crippen LogP contribution in [0.4, 0.5) is 5.69 Å². The van der Waals surface area contributed by atoms with Crippen LogP contribution in [0.5, 0.6) is 0 Å². The summed E-state index contributed by atoms with van der Waals surface area (Å²) in [6.45, 7) is 0.665. The number of carboxylic acid groups (broad SMARTS) is 1. The van der Waals surface area contributed by atoms with Gasteiger partial charge in [0.05, 0.1) is 24.2 Å². The Balaban J connectivity index is 1.50. The average Bonchev–Trinajstić information content (AvgIpc) is 3.10. The van der Waals surface area contributed by atoms with Crippen molar-refractivity contribution in [3.63, 3.8) is 0 Å². The van der Waals surface area contributed by atoms with Gasteiger partial charge in [0, 0.05) is 24.5 Å². The molecule has 1 saturated carbocycles.